The largest absolute Gasteiger partial charge is 0.397 e. The number of nitrogens with one attached hydrogen (secondary N) is 1. The summed E-state index contributed by atoms with van der Waals surface area (Å²) in [6.45, 7) is 3.57. The van der Waals surface area contributed by atoms with Crippen molar-refractivity contribution in [2.24, 2.45) is 0 Å². The summed E-state index contributed by atoms with van der Waals surface area (Å²) in [5.41, 5.74) is 7.88. The van der Waals surface area contributed by atoms with Crippen molar-refractivity contribution in [1.82, 2.24) is 0 Å². The maximum Gasteiger partial charge on any atom is 0.0992 e. The number of nitrogen functional groups attached to an aromatic ring is 1. The zero-order valence-electron chi connectivity index (χ0n) is 9.29. The molecule has 4 heteroatoms. The van der Waals surface area contributed by atoms with Crippen molar-refractivity contribution in [3.8, 4) is 6.07 Å². The molecule has 0 aliphatic carbocycles. The molecule has 1 aromatic carbocycles. The van der Waals surface area contributed by atoms with Crippen molar-refractivity contribution in [2.75, 3.05) is 24.3 Å². The molecule has 1 aliphatic rings. The summed E-state index contributed by atoms with van der Waals surface area (Å²) in [6.07, 6.45) is 0.965. The SMILES string of the molecule is CC1(Nc2ccc(C#N)cc2N)CCOC1. The molecule has 16 heavy (non-hydrogen) atoms. The highest BCUT2D eigenvalue weighted by Crippen LogP contribution is 2.27. The van der Waals surface area contributed by atoms with Gasteiger partial charge in [-0.05, 0) is 31.5 Å². The molecule has 0 saturated carbocycles. The Bertz CT molecular complexity index is 430. The van der Waals surface area contributed by atoms with E-state index in [4.69, 9.17) is 15.7 Å². The quantitative estimate of drug-likeness (QED) is 0.740. The van der Waals surface area contributed by atoms with Crippen molar-refractivity contribution in [3.63, 3.8) is 0 Å². The van der Waals surface area contributed by atoms with Gasteiger partial charge in [0.1, 0.15) is 0 Å². The third-order valence-electron chi connectivity index (χ3n) is 2.84. The van der Waals surface area contributed by atoms with Gasteiger partial charge < -0.3 is 15.8 Å². The Morgan fingerprint density at radius 1 is 1.56 bits per heavy atom. The molecule has 1 atom stereocenters. The van der Waals surface area contributed by atoms with E-state index in [-0.39, 0.29) is 5.54 Å². The number of nitrogens with zero attached hydrogens (tertiary/aromatic N) is 1. The highest BCUT2D eigenvalue weighted by molar-refractivity contribution is 5.69. The number of anilines is 2. The first-order chi connectivity index (χ1) is 7.63. The molecule has 1 heterocycles. The Morgan fingerprint density at radius 2 is 2.38 bits per heavy atom. The average molecular weight is 217 g/mol. The molecule has 2 rings (SSSR count). The second kappa shape index (κ2) is 4.03. The van der Waals surface area contributed by atoms with Crippen molar-refractivity contribution in [3.05, 3.63) is 23.8 Å². The van der Waals surface area contributed by atoms with Crippen LogP contribution < -0.4 is 11.1 Å². The number of nitrogens with two attached hydrogens (primary N) is 1. The van der Waals surface area contributed by atoms with Gasteiger partial charge in [-0.25, -0.2) is 0 Å². The van der Waals surface area contributed by atoms with Gasteiger partial charge in [0.25, 0.3) is 0 Å². The van der Waals surface area contributed by atoms with Gasteiger partial charge in [0.05, 0.1) is 35.2 Å². The average Bonchev–Trinajstić information content (AvgIpc) is 2.68. The predicted octanol–water partition coefficient (Wildman–Crippen LogP) is 1.73. The van der Waals surface area contributed by atoms with Crippen molar-refractivity contribution < 1.29 is 4.74 Å². The summed E-state index contributed by atoms with van der Waals surface area (Å²) in [6, 6.07) is 7.35. The molecule has 0 amide bonds. The summed E-state index contributed by atoms with van der Waals surface area (Å²) >= 11 is 0. The summed E-state index contributed by atoms with van der Waals surface area (Å²) in [7, 11) is 0. The third kappa shape index (κ3) is 2.10. The van der Waals surface area contributed by atoms with Gasteiger partial charge in [-0.3, -0.25) is 0 Å². The Balaban J connectivity index is 2.19. The van der Waals surface area contributed by atoms with E-state index < -0.39 is 0 Å². The molecule has 4 nitrogen and oxygen atoms in total. The molecule has 1 unspecified atom stereocenters. The Morgan fingerprint density at radius 3 is 2.94 bits per heavy atom. The van der Waals surface area contributed by atoms with Crippen LogP contribution in [0.4, 0.5) is 11.4 Å². The van der Waals surface area contributed by atoms with Gasteiger partial charge in [-0.15, -0.1) is 0 Å². The Labute approximate surface area is 95.0 Å². The minimum absolute atomic E-state index is 0.0533. The third-order valence-corrected chi connectivity index (χ3v) is 2.84. The highest BCUT2D eigenvalue weighted by atomic mass is 16.5. The van der Waals surface area contributed by atoms with Crippen LogP contribution in [0.3, 0.4) is 0 Å². The van der Waals surface area contributed by atoms with E-state index >= 15 is 0 Å². The van der Waals surface area contributed by atoms with E-state index in [1.807, 2.05) is 6.07 Å². The number of hydrogen-bond acceptors (Lipinski definition) is 4. The van der Waals surface area contributed by atoms with Crippen LogP contribution in [0.1, 0.15) is 18.9 Å². The van der Waals surface area contributed by atoms with E-state index in [1.54, 1.807) is 12.1 Å². The van der Waals surface area contributed by atoms with Crippen LogP contribution in [0.5, 0.6) is 0 Å². The molecule has 0 radical (unpaired) electrons. The van der Waals surface area contributed by atoms with Crippen LogP contribution in [0.2, 0.25) is 0 Å². The normalized spacial score (nSPS) is 24.0. The Hall–Kier alpha value is -1.73. The number of benzene rings is 1. The monoisotopic (exact) mass is 217 g/mol. The molecule has 84 valence electrons. The molecular formula is C12H15N3O. The van der Waals surface area contributed by atoms with E-state index in [1.165, 1.54) is 0 Å². The fraction of sp³-hybridized carbons (Fsp3) is 0.417. The first-order valence-electron chi connectivity index (χ1n) is 5.28. The lowest BCUT2D eigenvalue weighted by Crippen LogP contribution is -2.35. The second-order valence-corrected chi connectivity index (χ2v) is 4.40. The minimum Gasteiger partial charge on any atom is -0.397 e. The smallest absolute Gasteiger partial charge is 0.0992 e. The van der Waals surface area contributed by atoms with Crippen LogP contribution in [0, 0.1) is 11.3 Å². The van der Waals surface area contributed by atoms with Gasteiger partial charge in [-0.1, -0.05) is 0 Å². The molecule has 1 saturated heterocycles. The molecule has 0 bridgehead atoms. The highest BCUT2D eigenvalue weighted by Gasteiger charge is 2.29. The van der Waals surface area contributed by atoms with Crippen molar-refractivity contribution in [1.29, 1.82) is 5.26 Å². The number of hydrogen-bond donors (Lipinski definition) is 2. The van der Waals surface area contributed by atoms with Gasteiger partial charge in [0.2, 0.25) is 0 Å². The van der Waals surface area contributed by atoms with Crippen LogP contribution in [-0.2, 0) is 4.74 Å². The maximum atomic E-state index is 8.74. The summed E-state index contributed by atoms with van der Waals surface area (Å²) in [5, 5.41) is 12.1. The Kier molecular flexibility index (Phi) is 2.71. The molecule has 0 spiro atoms. The lowest BCUT2D eigenvalue weighted by atomic mass is 10.0. The summed E-state index contributed by atoms with van der Waals surface area (Å²) in [5.74, 6) is 0. The zero-order valence-corrected chi connectivity index (χ0v) is 9.29. The first kappa shape index (κ1) is 10.8. The number of nitriles is 1. The standard InChI is InChI=1S/C12H15N3O/c1-12(4-5-16-8-12)15-11-3-2-9(7-13)6-10(11)14/h2-3,6,15H,4-5,8,14H2,1H3. The molecular weight excluding hydrogens is 202 g/mol. The van der Waals surface area contributed by atoms with Crippen LogP contribution >= 0.6 is 0 Å². The van der Waals surface area contributed by atoms with Gasteiger partial charge in [0, 0.05) is 6.61 Å². The molecule has 1 fully saturated rings. The molecule has 1 aromatic rings. The fourth-order valence-electron chi connectivity index (χ4n) is 1.84. The molecule has 1 aliphatic heterocycles. The lowest BCUT2D eigenvalue weighted by molar-refractivity contribution is 0.185. The molecule has 0 aromatic heterocycles. The van der Waals surface area contributed by atoms with Crippen LogP contribution in [-0.4, -0.2) is 18.8 Å². The minimum atomic E-state index is -0.0533. The fourth-order valence-corrected chi connectivity index (χ4v) is 1.84. The lowest BCUT2D eigenvalue weighted by Gasteiger charge is -2.25. The van der Waals surface area contributed by atoms with Crippen LogP contribution in [0.25, 0.3) is 0 Å². The van der Waals surface area contributed by atoms with Crippen molar-refractivity contribution >= 4 is 11.4 Å². The van der Waals surface area contributed by atoms with Gasteiger partial charge in [-0.2, -0.15) is 5.26 Å². The maximum absolute atomic E-state index is 8.74. The summed E-state index contributed by atoms with van der Waals surface area (Å²) in [4.78, 5) is 0. The van der Waals surface area contributed by atoms with E-state index in [0.717, 1.165) is 18.7 Å². The van der Waals surface area contributed by atoms with Crippen molar-refractivity contribution in [2.45, 2.75) is 18.9 Å². The molecule has 3 N–H and O–H groups in total. The van der Waals surface area contributed by atoms with E-state index in [9.17, 15) is 0 Å². The van der Waals surface area contributed by atoms with Crippen LogP contribution in [0.15, 0.2) is 18.2 Å². The van der Waals surface area contributed by atoms with E-state index in [2.05, 4.69) is 18.3 Å². The van der Waals surface area contributed by atoms with Gasteiger partial charge in [0.15, 0.2) is 0 Å². The second-order valence-electron chi connectivity index (χ2n) is 4.40. The number of rotatable bonds is 2. The topological polar surface area (TPSA) is 71.1 Å². The van der Waals surface area contributed by atoms with Gasteiger partial charge >= 0.3 is 0 Å². The van der Waals surface area contributed by atoms with E-state index in [0.29, 0.717) is 17.9 Å². The predicted molar refractivity (Wildman–Crippen MR) is 63.0 cm³/mol. The zero-order chi connectivity index (χ0) is 11.6. The number of ether oxygens (including phenoxy) is 1. The summed E-state index contributed by atoms with van der Waals surface area (Å²) < 4.78 is 5.36. The first-order valence-corrected chi connectivity index (χ1v) is 5.28.